The molecule has 2 amide bonds. The van der Waals surface area contributed by atoms with Gasteiger partial charge in [-0.2, -0.15) is 0 Å². The van der Waals surface area contributed by atoms with E-state index >= 15 is 0 Å². The van der Waals surface area contributed by atoms with Crippen molar-refractivity contribution < 1.29 is 14.3 Å². The van der Waals surface area contributed by atoms with Gasteiger partial charge in [-0.15, -0.1) is 0 Å². The topological polar surface area (TPSA) is 102 Å². The molecule has 3 aromatic rings. The largest absolute Gasteiger partial charge is 0.480 e. The Labute approximate surface area is 200 Å². The third-order valence-electron chi connectivity index (χ3n) is 5.17. The molecule has 1 aromatic carbocycles. The molecule has 2 aromatic heterocycles. The molecule has 4 rings (SSSR count). The smallest absolute Gasteiger partial charge is 0.323 e. The fourth-order valence-electron chi connectivity index (χ4n) is 3.46. The number of piperidine rings is 1. The molecular formula is C23H23BrN6O3. The van der Waals surface area contributed by atoms with E-state index < -0.39 is 0 Å². The van der Waals surface area contributed by atoms with Crippen LogP contribution in [0.3, 0.4) is 0 Å². The van der Waals surface area contributed by atoms with Crippen molar-refractivity contribution in [3.05, 3.63) is 64.7 Å². The third-order valence-corrected chi connectivity index (χ3v) is 5.58. The van der Waals surface area contributed by atoms with Crippen molar-refractivity contribution in [1.29, 1.82) is 0 Å². The third kappa shape index (κ3) is 6.04. The summed E-state index contributed by atoms with van der Waals surface area (Å²) in [6.45, 7) is 3.35. The van der Waals surface area contributed by atoms with Crippen LogP contribution in [0.5, 0.6) is 17.6 Å². The van der Waals surface area contributed by atoms with Crippen LogP contribution in [0.25, 0.3) is 6.08 Å². The SMILES string of the molecule is COc1cnc(NC(=O)N2CCC(=Cc3cccc(Oc4ncc(Br)cn4)c3)C(C)C2)cn1. The molecule has 3 heterocycles. The number of amides is 2. The van der Waals surface area contributed by atoms with E-state index in [1.54, 1.807) is 17.3 Å². The van der Waals surface area contributed by atoms with Crippen molar-refractivity contribution in [2.24, 2.45) is 5.92 Å². The molecule has 1 aliphatic rings. The van der Waals surface area contributed by atoms with E-state index in [0.29, 0.717) is 30.5 Å². The summed E-state index contributed by atoms with van der Waals surface area (Å²) in [6.07, 6.45) is 9.16. The van der Waals surface area contributed by atoms with Crippen LogP contribution in [0, 0.1) is 5.92 Å². The Kier molecular flexibility index (Phi) is 7.13. The van der Waals surface area contributed by atoms with Crippen LogP contribution in [-0.4, -0.2) is 51.1 Å². The first-order valence-corrected chi connectivity index (χ1v) is 11.2. The van der Waals surface area contributed by atoms with E-state index in [1.165, 1.54) is 25.1 Å². The molecule has 1 saturated heterocycles. The van der Waals surface area contributed by atoms with Gasteiger partial charge < -0.3 is 14.4 Å². The van der Waals surface area contributed by atoms with Gasteiger partial charge in [0.25, 0.3) is 0 Å². The van der Waals surface area contributed by atoms with E-state index in [2.05, 4.69) is 54.2 Å². The highest BCUT2D eigenvalue weighted by molar-refractivity contribution is 9.10. The second-order valence-electron chi connectivity index (χ2n) is 7.55. The Morgan fingerprint density at radius 2 is 2.00 bits per heavy atom. The molecule has 1 aliphatic heterocycles. The number of hydrogen-bond acceptors (Lipinski definition) is 7. The molecule has 33 heavy (non-hydrogen) atoms. The van der Waals surface area contributed by atoms with Crippen LogP contribution >= 0.6 is 15.9 Å². The van der Waals surface area contributed by atoms with E-state index in [-0.39, 0.29) is 18.0 Å². The lowest BCUT2D eigenvalue weighted by Gasteiger charge is -2.33. The summed E-state index contributed by atoms with van der Waals surface area (Å²) in [5, 5.41) is 2.79. The number of halogens is 1. The van der Waals surface area contributed by atoms with Gasteiger partial charge in [0.2, 0.25) is 5.88 Å². The quantitative estimate of drug-likeness (QED) is 0.526. The maximum atomic E-state index is 12.6. The predicted molar refractivity (Wildman–Crippen MR) is 127 cm³/mol. The highest BCUT2D eigenvalue weighted by Gasteiger charge is 2.24. The first-order valence-electron chi connectivity index (χ1n) is 10.4. The average Bonchev–Trinajstić information content (AvgIpc) is 2.82. The van der Waals surface area contributed by atoms with Crippen LogP contribution in [0.15, 0.2) is 59.1 Å². The number of carbonyl (C=O) groups is 1. The van der Waals surface area contributed by atoms with E-state index in [0.717, 1.165) is 16.5 Å². The number of anilines is 1. The summed E-state index contributed by atoms with van der Waals surface area (Å²) >= 11 is 3.31. The maximum absolute atomic E-state index is 12.6. The maximum Gasteiger partial charge on any atom is 0.323 e. The van der Waals surface area contributed by atoms with Gasteiger partial charge in [-0.3, -0.25) is 5.32 Å². The minimum atomic E-state index is -0.190. The van der Waals surface area contributed by atoms with Crippen LogP contribution in [0.1, 0.15) is 18.9 Å². The number of likely N-dealkylation sites (tertiary alicyclic amines) is 1. The molecule has 1 unspecified atom stereocenters. The summed E-state index contributed by atoms with van der Waals surface area (Å²) in [5.74, 6) is 1.66. The lowest BCUT2D eigenvalue weighted by molar-refractivity contribution is 0.197. The molecule has 0 bridgehead atoms. The monoisotopic (exact) mass is 510 g/mol. The van der Waals surface area contributed by atoms with Crippen molar-refractivity contribution in [2.75, 3.05) is 25.5 Å². The zero-order valence-corrected chi connectivity index (χ0v) is 19.8. The van der Waals surface area contributed by atoms with Crippen molar-refractivity contribution in [3.8, 4) is 17.6 Å². The number of ether oxygens (including phenoxy) is 2. The Morgan fingerprint density at radius 3 is 2.70 bits per heavy atom. The predicted octanol–water partition coefficient (Wildman–Crippen LogP) is 4.79. The molecule has 0 saturated carbocycles. The van der Waals surface area contributed by atoms with Crippen LogP contribution in [-0.2, 0) is 0 Å². The van der Waals surface area contributed by atoms with Crippen molar-refractivity contribution in [3.63, 3.8) is 0 Å². The van der Waals surface area contributed by atoms with Gasteiger partial charge in [-0.05, 0) is 46.0 Å². The van der Waals surface area contributed by atoms with E-state index in [1.807, 2.05) is 24.3 Å². The number of nitrogens with zero attached hydrogens (tertiary/aromatic N) is 5. The molecule has 0 radical (unpaired) electrons. The van der Waals surface area contributed by atoms with Crippen LogP contribution in [0.2, 0.25) is 0 Å². The molecule has 0 aliphatic carbocycles. The average molecular weight is 511 g/mol. The Bertz CT molecular complexity index is 1140. The normalized spacial score (nSPS) is 17.0. The lowest BCUT2D eigenvalue weighted by Crippen LogP contribution is -2.42. The Balaban J connectivity index is 1.37. The minimum absolute atomic E-state index is 0.190. The summed E-state index contributed by atoms with van der Waals surface area (Å²) in [5.41, 5.74) is 2.30. The van der Waals surface area contributed by atoms with Gasteiger partial charge in [0.15, 0.2) is 5.82 Å². The fraction of sp³-hybridized carbons (Fsp3) is 0.261. The number of aromatic nitrogens is 4. The van der Waals surface area contributed by atoms with Gasteiger partial charge in [-0.25, -0.2) is 24.7 Å². The van der Waals surface area contributed by atoms with Crippen molar-refractivity contribution in [1.82, 2.24) is 24.8 Å². The molecule has 1 fully saturated rings. The first kappa shape index (κ1) is 22.7. The number of benzene rings is 1. The van der Waals surface area contributed by atoms with Gasteiger partial charge in [0, 0.05) is 25.5 Å². The number of nitrogens with one attached hydrogen (secondary N) is 1. The number of hydrogen-bond donors (Lipinski definition) is 1. The van der Waals surface area contributed by atoms with Gasteiger partial charge in [0.1, 0.15) is 5.75 Å². The highest BCUT2D eigenvalue weighted by atomic mass is 79.9. The Hall–Kier alpha value is -3.53. The Morgan fingerprint density at radius 1 is 1.18 bits per heavy atom. The molecule has 1 atom stereocenters. The molecular weight excluding hydrogens is 488 g/mol. The van der Waals surface area contributed by atoms with E-state index in [9.17, 15) is 4.79 Å². The highest BCUT2D eigenvalue weighted by Crippen LogP contribution is 2.27. The number of rotatable bonds is 5. The van der Waals surface area contributed by atoms with Gasteiger partial charge in [0.05, 0.1) is 24.0 Å². The second kappa shape index (κ2) is 10.4. The van der Waals surface area contributed by atoms with Gasteiger partial charge >= 0.3 is 12.0 Å². The summed E-state index contributed by atoms with van der Waals surface area (Å²) in [7, 11) is 1.52. The minimum Gasteiger partial charge on any atom is -0.480 e. The zero-order chi connectivity index (χ0) is 23.2. The standard InChI is InChI=1S/C23H23BrN6O3/c1-15-14-30(23(31)29-20-12-26-21(32-2)13-25-20)7-6-17(15)8-16-4-3-5-19(9-16)33-22-27-10-18(24)11-28-22/h3-5,8-13,15H,6-7,14H2,1-2H3,(H,25,29,31). The number of methoxy groups -OCH3 is 1. The lowest BCUT2D eigenvalue weighted by atomic mass is 9.91. The molecule has 9 nitrogen and oxygen atoms in total. The van der Waals surface area contributed by atoms with Crippen molar-refractivity contribution in [2.45, 2.75) is 13.3 Å². The van der Waals surface area contributed by atoms with Crippen molar-refractivity contribution >= 4 is 33.9 Å². The summed E-state index contributed by atoms with van der Waals surface area (Å²) in [4.78, 5) is 30.9. The van der Waals surface area contributed by atoms with Crippen LogP contribution in [0.4, 0.5) is 10.6 Å². The van der Waals surface area contributed by atoms with E-state index in [4.69, 9.17) is 9.47 Å². The molecule has 10 heteroatoms. The summed E-state index contributed by atoms with van der Waals surface area (Å²) < 4.78 is 11.5. The molecule has 1 N–H and O–H groups in total. The second-order valence-corrected chi connectivity index (χ2v) is 8.46. The van der Waals surface area contributed by atoms with Gasteiger partial charge in [-0.1, -0.05) is 30.7 Å². The number of carbonyl (C=O) groups excluding carboxylic acids is 1. The first-order chi connectivity index (χ1) is 16.0. The fourth-order valence-corrected chi connectivity index (χ4v) is 3.67. The summed E-state index contributed by atoms with van der Waals surface area (Å²) in [6, 6.07) is 7.88. The molecule has 0 spiro atoms. The van der Waals surface area contributed by atoms with Crippen LogP contribution < -0.4 is 14.8 Å². The molecule has 170 valence electrons. The number of urea groups is 1. The zero-order valence-electron chi connectivity index (χ0n) is 18.2.